The standard InChI is InChI=1S/C18H16O3/c19-18-14-4-2-1-3-12(14)5-7-15(18)13-6-8-16-17(11-13)21-10-9-20-16/h1-4,6,8H,5,7,9-11H2/b15-13-. The highest BCUT2D eigenvalue weighted by molar-refractivity contribution is 6.11. The molecule has 0 radical (unpaired) electrons. The number of carbonyl (C=O) groups is 1. The molecule has 0 unspecified atom stereocenters. The summed E-state index contributed by atoms with van der Waals surface area (Å²) in [6, 6.07) is 7.90. The predicted octanol–water partition coefficient (Wildman–Crippen LogP) is 3.33. The van der Waals surface area contributed by atoms with E-state index in [1.165, 1.54) is 0 Å². The summed E-state index contributed by atoms with van der Waals surface area (Å²) in [4.78, 5) is 12.7. The van der Waals surface area contributed by atoms with Crippen molar-refractivity contribution in [1.82, 2.24) is 0 Å². The van der Waals surface area contributed by atoms with Crippen LogP contribution >= 0.6 is 0 Å². The fourth-order valence-electron chi connectivity index (χ4n) is 3.16. The number of hydrogen-bond donors (Lipinski definition) is 0. The molecule has 21 heavy (non-hydrogen) atoms. The molecule has 0 spiro atoms. The van der Waals surface area contributed by atoms with Crippen molar-refractivity contribution >= 4 is 5.78 Å². The highest BCUT2D eigenvalue weighted by atomic mass is 16.6. The van der Waals surface area contributed by atoms with Crippen molar-refractivity contribution in [2.75, 3.05) is 13.2 Å². The molecular weight excluding hydrogens is 264 g/mol. The van der Waals surface area contributed by atoms with Crippen molar-refractivity contribution in [2.45, 2.75) is 19.3 Å². The zero-order valence-corrected chi connectivity index (χ0v) is 11.7. The minimum atomic E-state index is 0.164. The molecular formula is C18H16O3. The van der Waals surface area contributed by atoms with Crippen molar-refractivity contribution in [3.05, 3.63) is 70.2 Å². The quantitative estimate of drug-likeness (QED) is 0.684. The first-order chi connectivity index (χ1) is 10.3. The number of benzene rings is 1. The van der Waals surface area contributed by atoms with Gasteiger partial charge in [-0.15, -0.1) is 0 Å². The van der Waals surface area contributed by atoms with Crippen LogP contribution in [0.25, 0.3) is 0 Å². The zero-order chi connectivity index (χ0) is 14.2. The maximum atomic E-state index is 12.7. The second kappa shape index (κ2) is 4.92. The molecule has 0 aromatic heterocycles. The molecule has 0 bridgehead atoms. The van der Waals surface area contributed by atoms with Gasteiger partial charge in [-0.1, -0.05) is 30.3 Å². The number of fused-ring (bicyclic) bond motifs is 1. The Labute approximate surface area is 123 Å². The number of rotatable bonds is 0. The van der Waals surface area contributed by atoms with Gasteiger partial charge in [-0.25, -0.2) is 0 Å². The molecule has 4 rings (SSSR count). The Morgan fingerprint density at radius 2 is 1.81 bits per heavy atom. The van der Waals surface area contributed by atoms with E-state index >= 15 is 0 Å². The van der Waals surface area contributed by atoms with Crippen LogP contribution in [0.2, 0.25) is 0 Å². The average Bonchev–Trinajstić information content (AvgIpc) is 2.55. The smallest absolute Gasteiger partial charge is 0.189 e. The van der Waals surface area contributed by atoms with Gasteiger partial charge in [-0.3, -0.25) is 4.79 Å². The number of Topliss-reactive ketones (excluding diaryl/α,β-unsaturated/α-hetero) is 1. The molecule has 0 fully saturated rings. The van der Waals surface area contributed by atoms with Crippen LogP contribution in [0.3, 0.4) is 0 Å². The summed E-state index contributed by atoms with van der Waals surface area (Å²) in [5.74, 6) is 1.84. The monoisotopic (exact) mass is 280 g/mol. The molecule has 3 aliphatic rings. The van der Waals surface area contributed by atoms with Gasteiger partial charge in [-0.2, -0.15) is 0 Å². The lowest BCUT2D eigenvalue weighted by Crippen LogP contribution is -2.19. The van der Waals surface area contributed by atoms with Crippen LogP contribution < -0.4 is 0 Å². The molecule has 0 saturated heterocycles. The Bertz CT molecular complexity index is 707. The van der Waals surface area contributed by atoms with Gasteiger partial charge < -0.3 is 9.47 Å². The van der Waals surface area contributed by atoms with Crippen LogP contribution in [0.1, 0.15) is 28.8 Å². The summed E-state index contributed by atoms with van der Waals surface area (Å²) >= 11 is 0. The van der Waals surface area contributed by atoms with E-state index in [0.29, 0.717) is 19.6 Å². The zero-order valence-electron chi connectivity index (χ0n) is 11.7. The highest BCUT2D eigenvalue weighted by Gasteiger charge is 2.26. The van der Waals surface area contributed by atoms with Crippen LogP contribution in [-0.2, 0) is 15.9 Å². The van der Waals surface area contributed by atoms with Crippen molar-refractivity contribution in [2.24, 2.45) is 0 Å². The molecule has 106 valence electrons. The normalized spacial score (nSPS) is 24.1. The van der Waals surface area contributed by atoms with Crippen LogP contribution in [0.5, 0.6) is 0 Å². The van der Waals surface area contributed by atoms with Gasteiger partial charge in [0.1, 0.15) is 19.0 Å². The molecule has 1 aromatic rings. The first-order valence-electron chi connectivity index (χ1n) is 7.34. The number of ketones is 1. The van der Waals surface area contributed by atoms with Gasteiger partial charge in [0.05, 0.1) is 0 Å². The lowest BCUT2D eigenvalue weighted by atomic mass is 9.83. The van der Waals surface area contributed by atoms with Crippen LogP contribution in [-0.4, -0.2) is 19.0 Å². The first kappa shape index (κ1) is 12.5. The van der Waals surface area contributed by atoms with Gasteiger partial charge in [0.25, 0.3) is 0 Å². The van der Waals surface area contributed by atoms with Gasteiger partial charge in [-0.05, 0) is 30.1 Å². The molecule has 0 saturated carbocycles. The largest absolute Gasteiger partial charge is 0.490 e. The fraction of sp³-hybridized carbons (Fsp3) is 0.278. The second-order valence-corrected chi connectivity index (χ2v) is 5.48. The molecule has 1 aliphatic heterocycles. The highest BCUT2D eigenvalue weighted by Crippen LogP contribution is 2.34. The summed E-state index contributed by atoms with van der Waals surface area (Å²) in [6.07, 6.45) is 6.33. The maximum absolute atomic E-state index is 12.7. The van der Waals surface area contributed by atoms with E-state index in [1.54, 1.807) is 0 Å². The SMILES string of the molecule is O=C1/C(=C2/C=CC3=C(C2)OCCO3)CCc2ccccc21. The number of allylic oxidation sites excluding steroid dienone is 4. The average molecular weight is 280 g/mol. The minimum absolute atomic E-state index is 0.164. The number of aryl methyl sites for hydroxylation is 1. The van der Waals surface area contributed by atoms with Crippen LogP contribution in [0.4, 0.5) is 0 Å². The van der Waals surface area contributed by atoms with Crippen molar-refractivity contribution in [3.63, 3.8) is 0 Å². The summed E-state index contributed by atoms with van der Waals surface area (Å²) in [5, 5.41) is 0. The lowest BCUT2D eigenvalue weighted by molar-refractivity contribution is 0.0655. The fourth-order valence-corrected chi connectivity index (χ4v) is 3.16. The molecule has 0 atom stereocenters. The van der Waals surface area contributed by atoms with Crippen molar-refractivity contribution < 1.29 is 14.3 Å². The van der Waals surface area contributed by atoms with Gasteiger partial charge in [0.2, 0.25) is 0 Å². The summed E-state index contributed by atoms with van der Waals surface area (Å²) < 4.78 is 11.2. The van der Waals surface area contributed by atoms with Crippen LogP contribution in [0.15, 0.2) is 59.1 Å². The molecule has 3 nitrogen and oxygen atoms in total. The van der Waals surface area contributed by atoms with Crippen molar-refractivity contribution in [3.8, 4) is 0 Å². The number of hydrogen-bond acceptors (Lipinski definition) is 3. The van der Waals surface area contributed by atoms with E-state index in [-0.39, 0.29) is 5.78 Å². The molecule has 1 heterocycles. The lowest BCUT2D eigenvalue weighted by Gasteiger charge is -2.26. The van der Waals surface area contributed by atoms with E-state index in [1.807, 2.05) is 36.4 Å². The van der Waals surface area contributed by atoms with Gasteiger partial charge in [0, 0.05) is 17.6 Å². The number of carbonyl (C=O) groups excluding carboxylic acids is 1. The summed E-state index contributed by atoms with van der Waals surface area (Å²) in [6.45, 7) is 1.19. The Morgan fingerprint density at radius 1 is 0.952 bits per heavy atom. The minimum Gasteiger partial charge on any atom is -0.490 e. The third-order valence-electron chi connectivity index (χ3n) is 4.25. The first-order valence-corrected chi connectivity index (χ1v) is 7.34. The Morgan fingerprint density at radius 3 is 2.76 bits per heavy atom. The van der Waals surface area contributed by atoms with Gasteiger partial charge in [0.15, 0.2) is 11.5 Å². The van der Waals surface area contributed by atoms with E-state index in [0.717, 1.165) is 46.6 Å². The van der Waals surface area contributed by atoms with E-state index in [9.17, 15) is 4.79 Å². The second-order valence-electron chi connectivity index (χ2n) is 5.48. The van der Waals surface area contributed by atoms with Gasteiger partial charge >= 0.3 is 0 Å². The van der Waals surface area contributed by atoms with E-state index < -0.39 is 0 Å². The molecule has 0 amide bonds. The van der Waals surface area contributed by atoms with E-state index in [2.05, 4.69) is 0 Å². The molecule has 1 aromatic carbocycles. The molecule has 0 N–H and O–H groups in total. The number of ether oxygens (including phenoxy) is 2. The molecule has 3 heteroatoms. The van der Waals surface area contributed by atoms with Crippen molar-refractivity contribution in [1.29, 1.82) is 0 Å². The maximum Gasteiger partial charge on any atom is 0.189 e. The Kier molecular flexibility index (Phi) is 2.92. The summed E-state index contributed by atoms with van der Waals surface area (Å²) in [5.41, 5.74) is 3.99. The summed E-state index contributed by atoms with van der Waals surface area (Å²) in [7, 11) is 0. The van der Waals surface area contributed by atoms with Crippen LogP contribution in [0, 0.1) is 0 Å². The Balaban J connectivity index is 1.70. The Hall–Kier alpha value is -2.29. The third-order valence-corrected chi connectivity index (χ3v) is 4.25. The topological polar surface area (TPSA) is 35.5 Å². The third kappa shape index (κ3) is 2.09. The molecule has 2 aliphatic carbocycles. The van der Waals surface area contributed by atoms with E-state index in [4.69, 9.17) is 9.47 Å². The predicted molar refractivity (Wildman–Crippen MR) is 78.8 cm³/mol.